The average Bonchev–Trinajstić information content (AvgIpc) is 3.19. The first-order chi connectivity index (χ1) is 25.6. The van der Waals surface area contributed by atoms with Gasteiger partial charge in [0.15, 0.2) is 0 Å². The molecule has 0 bridgehead atoms. The molecule has 0 aliphatic carbocycles. The fourth-order valence-electron chi connectivity index (χ4n) is 5.18. The van der Waals surface area contributed by atoms with Gasteiger partial charge in [-0.15, -0.1) is 0 Å². The zero-order valence-corrected chi connectivity index (χ0v) is 24.7. The Morgan fingerprint density at radius 2 is 0.622 bits per heavy atom. The molecule has 0 saturated heterocycles. The Bertz CT molecular complexity index is 2320. The summed E-state index contributed by atoms with van der Waals surface area (Å²) in [5.74, 6) is 0. The molecule has 7 rings (SSSR count). The predicted octanol–water partition coefficient (Wildman–Crippen LogP) is 12.3. The largest absolute Gasteiger partial charge is 0.311 e. The normalized spacial score (nSPS) is 13.3. The summed E-state index contributed by atoms with van der Waals surface area (Å²) in [6.07, 6.45) is 0. The lowest BCUT2D eigenvalue weighted by Gasteiger charge is -2.25. The lowest BCUT2D eigenvalue weighted by molar-refractivity contribution is 1.27. The molecule has 0 N–H and O–H groups in total. The molecular weight excluding hydrogens is 544 g/mol. The highest BCUT2D eigenvalue weighted by molar-refractivity contribution is 5.80. The molecule has 0 spiro atoms. The van der Waals surface area contributed by atoms with Crippen LogP contribution in [0.4, 0.5) is 34.1 Å². The van der Waals surface area contributed by atoms with Crippen molar-refractivity contribution in [1.29, 1.82) is 0 Å². The Balaban J connectivity index is 1.33. The van der Waals surface area contributed by atoms with Crippen LogP contribution in [0.3, 0.4) is 0 Å². The molecule has 0 aliphatic heterocycles. The van der Waals surface area contributed by atoms with Gasteiger partial charge in [0.1, 0.15) is 0 Å². The van der Waals surface area contributed by atoms with Crippen LogP contribution >= 0.6 is 0 Å². The Kier molecular flexibility index (Phi) is 5.73. The molecule has 0 heterocycles. The van der Waals surface area contributed by atoms with Crippen molar-refractivity contribution in [3.05, 3.63) is 193 Å². The van der Waals surface area contributed by atoms with Crippen LogP contribution in [-0.4, -0.2) is 0 Å². The van der Waals surface area contributed by atoms with Crippen molar-refractivity contribution >= 4 is 34.1 Å². The van der Waals surface area contributed by atoms with Crippen LogP contribution in [0.1, 0.15) is 16.5 Å². The van der Waals surface area contributed by atoms with E-state index < -0.39 is 24.2 Å². The van der Waals surface area contributed by atoms with Crippen LogP contribution in [0.15, 0.2) is 188 Å². The maximum absolute atomic E-state index is 9.11. The van der Waals surface area contributed by atoms with Crippen LogP contribution in [0.5, 0.6) is 0 Å². The van der Waals surface area contributed by atoms with Crippen LogP contribution in [0.2, 0.25) is 0 Å². The Morgan fingerprint density at radius 3 is 1.04 bits per heavy atom. The van der Waals surface area contributed by atoms with Crippen molar-refractivity contribution in [2.24, 2.45) is 0 Å². The number of rotatable bonds is 8. The lowest BCUT2D eigenvalue weighted by Crippen LogP contribution is -2.09. The molecule has 0 unspecified atom stereocenters. The first-order valence-corrected chi connectivity index (χ1v) is 14.7. The zero-order valence-electron chi connectivity index (χ0n) is 32.7. The molecule has 0 aromatic heterocycles. The van der Waals surface area contributed by atoms with E-state index >= 15 is 0 Å². The third-order valence-electron chi connectivity index (χ3n) is 7.46. The molecule has 45 heavy (non-hydrogen) atoms. The smallest absolute Gasteiger partial charge is 0.0645 e. The van der Waals surface area contributed by atoms with Gasteiger partial charge in [0.25, 0.3) is 0 Å². The van der Waals surface area contributed by atoms with Gasteiger partial charge in [0.05, 0.1) is 11.0 Å². The number of nitrogens with zero attached hydrogens (tertiary/aromatic N) is 2. The molecule has 7 aromatic rings. The van der Waals surface area contributed by atoms with E-state index in [-0.39, 0.29) is 46.5 Å². The second-order valence-corrected chi connectivity index (χ2v) is 10.5. The Labute approximate surface area is 277 Å². The maximum Gasteiger partial charge on any atom is 0.0645 e. The monoisotopic (exact) mass is 586 g/mol. The van der Waals surface area contributed by atoms with E-state index in [1.807, 2.05) is 134 Å². The van der Waals surface area contributed by atoms with Gasteiger partial charge in [-0.25, -0.2) is 0 Å². The average molecular weight is 587 g/mol. The lowest BCUT2D eigenvalue weighted by atomic mass is 9.99. The molecule has 7 aromatic carbocycles. The minimum atomic E-state index is -0.465. The van der Waals surface area contributed by atoms with Crippen molar-refractivity contribution in [3.63, 3.8) is 0 Å². The number of hydrogen-bond acceptors (Lipinski definition) is 2. The SMILES string of the molecule is [2H]c1c([2H])c(-c2c([2H])c([2H])c(N(c3ccccc3)c3ccccc3)c([2H])c2[2H])c([2H])c([2H])c1-c1ccc(N(c2ccccc2)c2ccc(C)cc2)cc1. The van der Waals surface area contributed by atoms with E-state index in [1.54, 1.807) is 17.0 Å². The minimum Gasteiger partial charge on any atom is -0.311 e. The van der Waals surface area contributed by atoms with Crippen LogP contribution in [-0.2, 0) is 0 Å². The quantitative estimate of drug-likeness (QED) is 0.175. The summed E-state index contributed by atoms with van der Waals surface area (Å²) in [4.78, 5) is 3.73. The fourth-order valence-corrected chi connectivity index (χ4v) is 5.18. The summed E-state index contributed by atoms with van der Waals surface area (Å²) in [5.41, 5.74) is 5.06. The third kappa shape index (κ3) is 6.13. The third-order valence-corrected chi connectivity index (χ3v) is 7.46. The maximum atomic E-state index is 9.11. The standard InChI is InChI=1S/C43H34N2/c1-33-17-27-41(28-18-33)45(40-15-9-4-10-16-40)43-31-25-37(26-32-43)35-21-19-34(20-22-35)36-23-29-42(30-24-36)44(38-11-5-2-6-12-38)39-13-7-3-8-14-39/h2-32H,1H3/i19D,20D,21D,22D,23D,24D,29D,30D. The summed E-state index contributed by atoms with van der Waals surface area (Å²) in [6, 6.07) is 40.2. The predicted molar refractivity (Wildman–Crippen MR) is 191 cm³/mol. The molecule has 0 saturated carbocycles. The first-order valence-electron chi connectivity index (χ1n) is 18.7. The van der Waals surface area contributed by atoms with E-state index in [2.05, 4.69) is 4.90 Å². The summed E-state index contributed by atoms with van der Waals surface area (Å²) in [7, 11) is 0. The van der Waals surface area contributed by atoms with Gasteiger partial charge in [-0.3, -0.25) is 0 Å². The number of hydrogen-bond donors (Lipinski definition) is 0. The highest BCUT2D eigenvalue weighted by Crippen LogP contribution is 2.37. The highest BCUT2D eigenvalue weighted by atomic mass is 15.1. The van der Waals surface area contributed by atoms with Gasteiger partial charge in [-0.2, -0.15) is 0 Å². The Hall–Kier alpha value is -5.86. The van der Waals surface area contributed by atoms with Crippen molar-refractivity contribution in [1.82, 2.24) is 0 Å². The van der Waals surface area contributed by atoms with E-state index in [1.165, 1.54) is 0 Å². The zero-order chi connectivity index (χ0) is 37.4. The second kappa shape index (κ2) is 12.8. The van der Waals surface area contributed by atoms with Crippen molar-refractivity contribution in [3.8, 4) is 22.3 Å². The number of aryl methyl sites for hydroxylation is 1. The molecular formula is C43H34N2. The molecule has 0 amide bonds. The van der Waals surface area contributed by atoms with Crippen LogP contribution < -0.4 is 9.80 Å². The second-order valence-electron chi connectivity index (χ2n) is 10.5. The number of benzene rings is 7. The molecule has 2 heteroatoms. The van der Waals surface area contributed by atoms with Crippen LogP contribution in [0, 0.1) is 6.92 Å². The highest BCUT2D eigenvalue weighted by Gasteiger charge is 2.14. The van der Waals surface area contributed by atoms with Crippen LogP contribution in [0.25, 0.3) is 22.3 Å². The van der Waals surface area contributed by atoms with Gasteiger partial charge in [0.2, 0.25) is 0 Å². The molecule has 216 valence electrons. The van der Waals surface area contributed by atoms with Gasteiger partial charge in [-0.1, -0.05) is 121 Å². The van der Waals surface area contributed by atoms with E-state index in [0.29, 0.717) is 16.9 Å². The first kappa shape index (κ1) is 20.2. The molecule has 0 atom stereocenters. The van der Waals surface area contributed by atoms with E-state index in [0.717, 1.165) is 22.6 Å². The van der Waals surface area contributed by atoms with Crippen molar-refractivity contribution in [2.75, 3.05) is 9.80 Å². The number of anilines is 6. The van der Waals surface area contributed by atoms with Gasteiger partial charge in [0, 0.05) is 34.1 Å². The van der Waals surface area contributed by atoms with Crippen molar-refractivity contribution < 1.29 is 11.0 Å². The minimum absolute atomic E-state index is 0.00305. The fraction of sp³-hybridized carbons (Fsp3) is 0.0233. The molecule has 2 nitrogen and oxygen atoms in total. The molecule has 0 fully saturated rings. The van der Waals surface area contributed by atoms with Gasteiger partial charge in [-0.05, 0) is 102 Å². The summed E-state index contributed by atoms with van der Waals surface area (Å²) in [6.45, 7) is 2.03. The Morgan fingerprint density at radius 1 is 0.311 bits per heavy atom. The van der Waals surface area contributed by atoms with Gasteiger partial charge >= 0.3 is 0 Å². The summed E-state index contributed by atoms with van der Waals surface area (Å²) in [5, 5.41) is 0. The van der Waals surface area contributed by atoms with E-state index in [9.17, 15) is 0 Å². The number of para-hydroxylation sites is 3. The summed E-state index contributed by atoms with van der Waals surface area (Å²) < 4.78 is 72.6. The van der Waals surface area contributed by atoms with Gasteiger partial charge < -0.3 is 9.80 Å². The topological polar surface area (TPSA) is 6.48 Å². The summed E-state index contributed by atoms with van der Waals surface area (Å²) >= 11 is 0. The van der Waals surface area contributed by atoms with Crippen molar-refractivity contribution in [2.45, 2.75) is 6.92 Å². The molecule has 0 radical (unpaired) electrons. The molecule has 0 aliphatic rings. The van der Waals surface area contributed by atoms with E-state index in [4.69, 9.17) is 11.0 Å².